The summed E-state index contributed by atoms with van der Waals surface area (Å²) in [4.78, 5) is 0. The highest BCUT2D eigenvalue weighted by atomic mass is 35.5. The fraction of sp³-hybridized carbons (Fsp3) is 0.500. The fourth-order valence-corrected chi connectivity index (χ4v) is 1.55. The van der Waals surface area contributed by atoms with Crippen LogP contribution in [0.1, 0.15) is 25.8 Å². The molecule has 0 fully saturated rings. The molecule has 0 aliphatic heterocycles. The van der Waals surface area contributed by atoms with Gasteiger partial charge in [0.25, 0.3) is 0 Å². The molecular formula is C12H18ClNO. The molecule has 2 N–H and O–H groups in total. The summed E-state index contributed by atoms with van der Waals surface area (Å²) in [5.74, 6) is 0. The molecule has 0 heterocycles. The molecule has 0 aromatic heterocycles. The second-order valence-electron chi connectivity index (χ2n) is 4.30. The van der Waals surface area contributed by atoms with Gasteiger partial charge in [-0.05, 0) is 31.9 Å². The third kappa shape index (κ3) is 4.20. The summed E-state index contributed by atoms with van der Waals surface area (Å²) in [5.41, 5.74) is 1.03. The Balaban J connectivity index is 2.53. The third-order valence-corrected chi connectivity index (χ3v) is 2.82. The van der Waals surface area contributed by atoms with E-state index in [0.717, 1.165) is 23.6 Å². The summed E-state index contributed by atoms with van der Waals surface area (Å²) < 4.78 is 0. The van der Waals surface area contributed by atoms with Gasteiger partial charge in [-0.25, -0.2) is 0 Å². The van der Waals surface area contributed by atoms with Gasteiger partial charge in [0, 0.05) is 23.7 Å². The minimum absolute atomic E-state index is 0.0616. The Morgan fingerprint density at radius 2 is 2.00 bits per heavy atom. The van der Waals surface area contributed by atoms with Crippen LogP contribution in [0, 0.1) is 0 Å². The average Bonchev–Trinajstić information content (AvgIpc) is 2.16. The van der Waals surface area contributed by atoms with Crippen LogP contribution in [0.4, 0.5) is 0 Å². The smallest absolute Gasteiger partial charge is 0.0450 e. The van der Waals surface area contributed by atoms with Crippen LogP contribution in [0.2, 0.25) is 5.02 Å². The first-order valence-corrected chi connectivity index (χ1v) is 5.52. The highest BCUT2D eigenvalue weighted by Gasteiger charge is 2.15. The van der Waals surface area contributed by atoms with E-state index >= 15 is 0 Å². The molecule has 1 rings (SSSR count). The van der Waals surface area contributed by atoms with Gasteiger partial charge >= 0.3 is 0 Å². The average molecular weight is 228 g/mol. The van der Waals surface area contributed by atoms with Crippen molar-refractivity contribution in [1.82, 2.24) is 5.32 Å². The summed E-state index contributed by atoms with van der Waals surface area (Å²) in [5, 5.41) is 13.0. The molecule has 0 radical (unpaired) electrons. The van der Waals surface area contributed by atoms with Crippen LogP contribution in [-0.2, 0) is 6.54 Å². The minimum Gasteiger partial charge on any atom is -0.396 e. The first-order valence-electron chi connectivity index (χ1n) is 5.14. The Morgan fingerprint density at radius 1 is 1.33 bits per heavy atom. The first-order chi connectivity index (χ1) is 7.05. The molecule has 1 aromatic rings. The standard InChI is InChI=1S/C12H18ClNO/c1-12(2,7-8-15)14-9-10-5-3-4-6-11(10)13/h3-6,14-15H,7-9H2,1-2H3. The zero-order chi connectivity index (χ0) is 11.3. The van der Waals surface area contributed by atoms with Crippen molar-refractivity contribution in [1.29, 1.82) is 0 Å². The maximum atomic E-state index is 8.89. The summed E-state index contributed by atoms with van der Waals surface area (Å²) in [7, 11) is 0. The van der Waals surface area contributed by atoms with E-state index in [2.05, 4.69) is 19.2 Å². The lowest BCUT2D eigenvalue weighted by Crippen LogP contribution is -2.39. The van der Waals surface area contributed by atoms with E-state index in [-0.39, 0.29) is 12.1 Å². The Labute approximate surface area is 96.3 Å². The van der Waals surface area contributed by atoms with Crippen molar-refractivity contribution in [3.05, 3.63) is 34.9 Å². The molecule has 3 heteroatoms. The maximum absolute atomic E-state index is 8.89. The van der Waals surface area contributed by atoms with E-state index in [1.54, 1.807) is 0 Å². The van der Waals surface area contributed by atoms with Gasteiger partial charge in [-0.1, -0.05) is 29.8 Å². The fourth-order valence-electron chi connectivity index (χ4n) is 1.34. The number of halogens is 1. The second-order valence-corrected chi connectivity index (χ2v) is 4.71. The number of rotatable bonds is 5. The summed E-state index contributed by atoms with van der Waals surface area (Å²) in [6.45, 7) is 5.06. The van der Waals surface area contributed by atoms with Crippen molar-refractivity contribution in [3.63, 3.8) is 0 Å². The van der Waals surface area contributed by atoms with E-state index in [0.29, 0.717) is 0 Å². The largest absolute Gasteiger partial charge is 0.396 e. The summed E-state index contributed by atoms with van der Waals surface area (Å²) in [6.07, 6.45) is 0.734. The second kappa shape index (κ2) is 5.50. The van der Waals surface area contributed by atoms with Gasteiger partial charge in [0.2, 0.25) is 0 Å². The highest BCUT2D eigenvalue weighted by molar-refractivity contribution is 6.31. The predicted molar refractivity (Wildman–Crippen MR) is 64.1 cm³/mol. The molecular weight excluding hydrogens is 210 g/mol. The Hall–Kier alpha value is -0.570. The number of aliphatic hydroxyl groups excluding tert-OH is 1. The normalized spacial score (nSPS) is 11.7. The molecule has 0 bridgehead atoms. The molecule has 0 spiro atoms. The lowest BCUT2D eigenvalue weighted by atomic mass is 10.0. The zero-order valence-corrected chi connectivity index (χ0v) is 10.0. The minimum atomic E-state index is -0.0616. The van der Waals surface area contributed by atoms with Crippen LogP contribution in [0.25, 0.3) is 0 Å². The van der Waals surface area contributed by atoms with Crippen LogP contribution in [0.5, 0.6) is 0 Å². The molecule has 15 heavy (non-hydrogen) atoms. The lowest BCUT2D eigenvalue weighted by Gasteiger charge is -2.25. The van der Waals surface area contributed by atoms with Crippen molar-refractivity contribution < 1.29 is 5.11 Å². The van der Waals surface area contributed by atoms with Crippen molar-refractivity contribution in [2.24, 2.45) is 0 Å². The summed E-state index contributed by atoms with van der Waals surface area (Å²) >= 11 is 6.04. The molecule has 0 aliphatic rings. The molecule has 0 aliphatic carbocycles. The van der Waals surface area contributed by atoms with Crippen LogP contribution >= 0.6 is 11.6 Å². The summed E-state index contributed by atoms with van der Waals surface area (Å²) in [6, 6.07) is 7.79. The molecule has 0 unspecified atom stereocenters. The Bertz CT molecular complexity index is 312. The molecule has 2 nitrogen and oxygen atoms in total. The van der Waals surface area contributed by atoms with Gasteiger partial charge in [-0.2, -0.15) is 0 Å². The quantitative estimate of drug-likeness (QED) is 0.811. The molecule has 0 saturated carbocycles. The van der Waals surface area contributed by atoms with Gasteiger partial charge in [0.1, 0.15) is 0 Å². The van der Waals surface area contributed by atoms with Crippen LogP contribution in [0.15, 0.2) is 24.3 Å². The van der Waals surface area contributed by atoms with E-state index in [9.17, 15) is 0 Å². The third-order valence-electron chi connectivity index (χ3n) is 2.45. The molecule has 0 saturated heterocycles. The number of aliphatic hydroxyl groups is 1. The van der Waals surface area contributed by atoms with Crippen molar-refractivity contribution in [3.8, 4) is 0 Å². The molecule has 0 amide bonds. The van der Waals surface area contributed by atoms with E-state index in [1.165, 1.54) is 0 Å². The van der Waals surface area contributed by atoms with Crippen molar-refractivity contribution in [2.45, 2.75) is 32.4 Å². The van der Waals surface area contributed by atoms with Crippen molar-refractivity contribution >= 4 is 11.6 Å². The maximum Gasteiger partial charge on any atom is 0.0450 e. The number of benzene rings is 1. The molecule has 0 atom stereocenters. The Morgan fingerprint density at radius 3 is 2.60 bits per heavy atom. The lowest BCUT2D eigenvalue weighted by molar-refractivity contribution is 0.230. The predicted octanol–water partition coefficient (Wildman–Crippen LogP) is 2.59. The molecule has 1 aromatic carbocycles. The number of nitrogens with one attached hydrogen (secondary N) is 1. The molecule has 84 valence electrons. The number of hydrogen-bond acceptors (Lipinski definition) is 2. The topological polar surface area (TPSA) is 32.3 Å². The van der Waals surface area contributed by atoms with Crippen LogP contribution < -0.4 is 5.32 Å². The van der Waals surface area contributed by atoms with Gasteiger partial charge < -0.3 is 10.4 Å². The van der Waals surface area contributed by atoms with Crippen molar-refractivity contribution in [2.75, 3.05) is 6.61 Å². The zero-order valence-electron chi connectivity index (χ0n) is 9.26. The van der Waals surface area contributed by atoms with Gasteiger partial charge in [-0.3, -0.25) is 0 Å². The highest BCUT2D eigenvalue weighted by Crippen LogP contribution is 2.16. The van der Waals surface area contributed by atoms with Gasteiger partial charge in [-0.15, -0.1) is 0 Å². The van der Waals surface area contributed by atoms with E-state index in [4.69, 9.17) is 16.7 Å². The monoisotopic (exact) mass is 227 g/mol. The van der Waals surface area contributed by atoms with E-state index in [1.807, 2.05) is 24.3 Å². The van der Waals surface area contributed by atoms with Gasteiger partial charge in [0.15, 0.2) is 0 Å². The Kier molecular flexibility index (Phi) is 4.58. The van der Waals surface area contributed by atoms with E-state index < -0.39 is 0 Å². The number of hydrogen-bond donors (Lipinski definition) is 2. The van der Waals surface area contributed by atoms with Gasteiger partial charge in [0.05, 0.1) is 0 Å². The van der Waals surface area contributed by atoms with Crippen LogP contribution in [0.3, 0.4) is 0 Å². The van der Waals surface area contributed by atoms with Crippen LogP contribution in [-0.4, -0.2) is 17.3 Å². The first kappa shape index (κ1) is 12.5. The SMILES string of the molecule is CC(C)(CCO)NCc1ccccc1Cl.